The quantitative estimate of drug-likeness (QED) is 0.503. The Kier molecular flexibility index (Phi) is 17.9. The molecule has 0 bridgehead atoms. The van der Waals surface area contributed by atoms with Crippen molar-refractivity contribution in [2.45, 2.75) is 68.7 Å². The van der Waals surface area contributed by atoms with E-state index in [1.165, 1.54) is 12.0 Å². The van der Waals surface area contributed by atoms with Gasteiger partial charge in [-0.15, -0.1) is 0 Å². The lowest BCUT2D eigenvalue weighted by Crippen LogP contribution is -2.11. The van der Waals surface area contributed by atoms with Crippen molar-refractivity contribution in [3.8, 4) is 0 Å². The maximum atomic E-state index is 2.28. The van der Waals surface area contributed by atoms with E-state index in [1.807, 2.05) is 27.7 Å². The van der Waals surface area contributed by atoms with E-state index in [1.54, 1.807) is 0 Å². The number of hydrogen-bond donors (Lipinski definition) is 0. The van der Waals surface area contributed by atoms with Gasteiger partial charge in [0.15, 0.2) is 0 Å². The summed E-state index contributed by atoms with van der Waals surface area (Å²) in [5.41, 5.74) is 1.77. The average Bonchev–Trinajstić information content (AvgIpc) is 2.31. The molecule has 0 spiro atoms. The molecule has 0 aliphatic carbocycles. The molecule has 0 saturated carbocycles. The molecule has 0 atom stereocenters. The van der Waals surface area contributed by atoms with E-state index in [4.69, 9.17) is 0 Å². The lowest BCUT2D eigenvalue weighted by atomic mass is 9.81. The van der Waals surface area contributed by atoms with E-state index in [0.29, 0.717) is 5.41 Å². The molecule has 0 aromatic heterocycles. The standard InChI is InChI=1S/C11H20.2C2H6/c1-6-9-10(7-2)11(4,5)8-3;2*1-2/h6-7,9H,8H2,1-5H3;2*1-2H3/b9-6-,10-7+;;. The molecule has 0 N–H and O–H groups in total. The van der Waals surface area contributed by atoms with Crippen molar-refractivity contribution in [2.24, 2.45) is 5.41 Å². The molecule has 0 aromatic carbocycles. The van der Waals surface area contributed by atoms with Crippen molar-refractivity contribution in [3.63, 3.8) is 0 Å². The summed E-state index contributed by atoms with van der Waals surface area (Å²) in [6.45, 7) is 19.0. The smallest absolute Gasteiger partial charge is 0.0110 e. The Bertz CT molecular complexity index is 159. The predicted molar refractivity (Wildman–Crippen MR) is 75.3 cm³/mol. The fraction of sp³-hybridized carbons (Fsp3) is 0.733. The maximum Gasteiger partial charge on any atom is -0.0110 e. The minimum Gasteiger partial charge on any atom is -0.0874 e. The van der Waals surface area contributed by atoms with Gasteiger partial charge in [-0.1, -0.05) is 66.7 Å². The van der Waals surface area contributed by atoms with Crippen molar-refractivity contribution in [1.82, 2.24) is 0 Å². The lowest BCUT2D eigenvalue weighted by molar-refractivity contribution is 0.439. The molecule has 0 saturated heterocycles. The Labute approximate surface area is 98.5 Å². The molecular weight excluding hydrogens is 180 g/mol. The summed E-state index contributed by atoms with van der Waals surface area (Å²) in [6.07, 6.45) is 7.69. The van der Waals surface area contributed by atoms with Crippen molar-refractivity contribution in [1.29, 1.82) is 0 Å². The van der Waals surface area contributed by atoms with E-state index < -0.39 is 0 Å². The summed E-state index contributed by atoms with van der Waals surface area (Å²) in [4.78, 5) is 0. The first-order valence-electron chi connectivity index (χ1n) is 6.38. The molecule has 0 unspecified atom stereocenters. The molecule has 0 heterocycles. The highest BCUT2D eigenvalue weighted by molar-refractivity contribution is 5.24. The van der Waals surface area contributed by atoms with Crippen LogP contribution in [0.1, 0.15) is 68.7 Å². The normalized spacial score (nSPS) is 11.4. The Morgan fingerprint density at radius 1 is 1.00 bits per heavy atom. The van der Waals surface area contributed by atoms with Crippen molar-refractivity contribution < 1.29 is 0 Å². The molecule has 0 nitrogen and oxygen atoms in total. The SMILES string of the molecule is C/C=C\C(=C/C)C(C)(C)CC.CC.CC. The van der Waals surface area contributed by atoms with Crippen LogP contribution in [-0.4, -0.2) is 0 Å². The summed E-state index contributed by atoms with van der Waals surface area (Å²) in [5.74, 6) is 0. The summed E-state index contributed by atoms with van der Waals surface area (Å²) >= 11 is 0. The Morgan fingerprint density at radius 3 is 1.60 bits per heavy atom. The molecule has 15 heavy (non-hydrogen) atoms. The summed E-state index contributed by atoms with van der Waals surface area (Å²) < 4.78 is 0. The second-order valence-electron chi connectivity index (χ2n) is 3.48. The second-order valence-corrected chi connectivity index (χ2v) is 3.48. The average molecular weight is 212 g/mol. The van der Waals surface area contributed by atoms with E-state index in [2.05, 4.69) is 52.8 Å². The van der Waals surface area contributed by atoms with E-state index in [9.17, 15) is 0 Å². The fourth-order valence-electron chi connectivity index (χ4n) is 1.10. The van der Waals surface area contributed by atoms with Crippen molar-refractivity contribution in [3.05, 3.63) is 23.8 Å². The Hall–Kier alpha value is -0.520. The van der Waals surface area contributed by atoms with Crippen LogP contribution in [0.5, 0.6) is 0 Å². The van der Waals surface area contributed by atoms with Gasteiger partial charge in [-0.25, -0.2) is 0 Å². The zero-order chi connectivity index (χ0) is 12.9. The highest BCUT2D eigenvalue weighted by atomic mass is 14.2. The molecule has 0 amide bonds. The molecule has 0 rings (SSSR count). The van der Waals surface area contributed by atoms with Gasteiger partial charge < -0.3 is 0 Å². The number of allylic oxidation sites excluding steroid dienone is 4. The van der Waals surface area contributed by atoms with Crippen LogP contribution in [0.4, 0.5) is 0 Å². The molecule has 0 fully saturated rings. The third-order valence-electron chi connectivity index (χ3n) is 2.32. The molecular formula is C15H32. The van der Waals surface area contributed by atoms with Gasteiger partial charge in [0.2, 0.25) is 0 Å². The number of hydrogen-bond acceptors (Lipinski definition) is 0. The molecule has 92 valence electrons. The first-order chi connectivity index (χ1) is 7.08. The predicted octanol–water partition coefficient (Wildman–Crippen LogP) is 6.00. The van der Waals surface area contributed by atoms with Gasteiger partial charge in [0.1, 0.15) is 0 Å². The molecule has 0 aliphatic rings. The Morgan fingerprint density at radius 2 is 1.40 bits per heavy atom. The zero-order valence-electron chi connectivity index (χ0n) is 12.4. The second kappa shape index (κ2) is 13.5. The fourth-order valence-corrected chi connectivity index (χ4v) is 1.10. The molecule has 0 aliphatic heterocycles. The van der Waals surface area contributed by atoms with E-state index in [0.717, 1.165) is 0 Å². The van der Waals surface area contributed by atoms with E-state index >= 15 is 0 Å². The highest BCUT2D eigenvalue weighted by Gasteiger charge is 2.17. The van der Waals surface area contributed by atoms with Crippen LogP contribution in [0.15, 0.2) is 23.8 Å². The van der Waals surface area contributed by atoms with Crippen LogP contribution < -0.4 is 0 Å². The van der Waals surface area contributed by atoms with Crippen LogP contribution in [-0.2, 0) is 0 Å². The summed E-state index contributed by atoms with van der Waals surface area (Å²) in [7, 11) is 0. The lowest BCUT2D eigenvalue weighted by Gasteiger charge is -2.24. The topological polar surface area (TPSA) is 0 Å². The van der Waals surface area contributed by atoms with Gasteiger partial charge in [0.25, 0.3) is 0 Å². The van der Waals surface area contributed by atoms with Gasteiger partial charge in [-0.05, 0) is 31.3 Å². The van der Waals surface area contributed by atoms with Gasteiger partial charge in [0, 0.05) is 0 Å². The maximum absolute atomic E-state index is 2.28. The van der Waals surface area contributed by atoms with Gasteiger partial charge in [0.05, 0.1) is 0 Å². The number of rotatable bonds is 3. The van der Waals surface area contributed by atoms with Crippen LogP contribution >= 0.6 is 0 Å². The van der Waals surface area contributed by atoms with Gasteiger partial charge in [-0.2, -0.15) is 0 Å². The van der Waals surface area contributed by atoms with Gasteiger partial charge in [-0.3, -0.25) is 0 Å². The molecule has 0 aromatic rings. The third-order valence-corrected chi connectivity index (χ3v) is 2.32. The third kappa shape index (κ3) is 9.78. The van der Waals surface area contributed by atoms with Gasteiger partial charge >= 0.3 is 0 Å². The summed E-state index contributed by atoms with van der Waals surface area (Å²) in [5, 5.41) is 0. The summed E-state index contributed by atoms with van der Waals surface area (Å²) in [6, 6.07) is 0. The first-order valence-corrected chi connectivity index (χ1v) is 6.38. The minimum atomic E-state index is 0.335. The Balaban J connectivity index is -0.000000318. The monoisotopic (exact) mass is 212 g/mol. The minimum absolute atomic E-state index is 0.335. The molecule has 0 radical (unpaired) electrons. The largest absolute Gasteiger partial charge is 0.0874 e. The van der Waals surface area contributed by atoms with E-state index in [-0.39, 0.29) is 0 Å². The molecule has 0 heteroatoms. The zero-order valence-corrected chi connectivity index (χ0v) is 12.4. The van der Waals surface area contributed by atoms with Crippen molar-refractivity contribution in [2.75, 3.05) is 0 Å². The van der Waals surface area contributed by atoms with Crippen LogP contribution in [0, 0.1) is 5.41 Å². The van der Waals surface area contributed by atoms with Crippen molar-refractivity contribution >= 4 is 0 Å². The van der Waals surface area contributed by atoms with Crippen LogP contribution in [0.25, 0.3) is 0 Å². The van der Waals surface area contributed by atoms with Crippen LogP contribution in [0.3, 0.4) is 0 Å². The highest BCUT2D eigenvalue weighted by Crippen LogP contribution is 2.30. The first kappa shape index (κ1) is 20.0. The van der Waals surface area contributed by atoms with Crippen LogP contribution in [0.2, 0.25) is 0 Å².